The summed E-state index contributed by atoms with van der Waals surface area (Å²) in [6.07, 6.45) is 0. The van der Waals surface area contributed by atoms with E-state index < -0.39 is 0 Å². The normalized spacial score (nSPS) is 14.6. The molecule has 0 amide bonds. The minimum absolute atomic E-state index is 0.130. The lowest BCUT2D eigenvalue weighted by molar-refractivity contribution is 0.340. The van der Waals surface area contributed by atoms with Crippen LogP contribution in [0.1, 0.15) is 12.7 Å². The lowest BCUT2D eigenvalue weighted by atomic mass is 10.2. The summed E-state index contributed by atoms with van der Waals surface area (Å²) in [6.45, 7) is 2.74. The van der Waals surface area contributed by atoms with Crippen molar-refractivity contribution >= 4 is 28.1 Å². The zero-order valence-corrected chi connectivity index (χ0v) is 13.8. The van der Waals surface area contributed by atoms with E-state index in [9.17, 15) is 5.11 Å². The van der Waals surface area contributed by atoms with Gasteiger partial charge in [0.1, 0.15) is 23.2 Å². The van der Waals surface area contributed by atoms with E-state index in [1.54, 1.807) is 4.90 Å². The summed E-state index contributed by atoms with van der Waals surface area (Å²) >= 11 is 0. The van der Waals surface area contributed by atoms with Crippen LogP contribution < -0.4 is 9.64 Å². The number of para-hydroxylation sites is 2. The molecule has 2 aromatic carbocycles. The molecule has 6 nitrogen and oxygen atoms in total. The lowest BCUT2D eigenvalue weighted by Gasteiger charge is -2.19. The Balaban J connectivity index is 1.68. The van der Waals surface area contributed by atoms with Crippen LogP contribution in [0.25, 0.3) is 16.6 Å². The molecule has 0 saturated heterocycles. The number of nitrogens with one attached hydrogen (secondary N) is 2. The Morgan fingerprint density at radius 3 is 2.88 bits per heavy atom. The summed E-state index contributed by atoms with van der Waals surface area (Å²) in [4.78, 5) is 9.42. The average Bonchev–Trinajstić information content (AvgIpc) is 3.15. The zero-order valence-electron chi connectivity index (χ0n) is 13.8. The van der Waals surface area contributed by atoms with Crippen molar-refractivity contribution in [3.63, 3.8) is 0 Å². The van der Waals surface area contributed by atoms with Crippen molar-refractivity contribution in [2.24, 2.45) is 0 Å². The molecule has 3 aromatic rings. The van der Waals surface area contributed by atoms with Gasteiger partial charge < -0.3 is 19.7 Å². The minimum atomic E-state index is 0.130. The molecule has 0 bridgehead atoms. The van der Waals surface area contributed by atoms with Crippen molar-refractivity contribution in [1.82, 2.24) is 9.97 Å². The highest BCUT2D eigenvalue weighted by molar-refractivity contribution is 6.30. The summed E-state index contributed by atoms with van der Waals surface area (Å²) in [5.41, 5.74) is 2.91. The third-order valence-corrected chi connectivity index (χ3v) is 4.17. The van der Waals surface area contributed by atoms with Crippen molar-refractivity contribution in [3.8, 4) is 5.75 Å². The highest BCUT2D eigenvalue weighted by Gasteiger charge is 2.31. The number of aromatic nitrogens is 2. The topological polar surface area (TPSA) is 85.2 Å². The van der Waals surface area contributed by atoms with E-state index in [0.717, 1.165) is 22.5 Å². The van der Waals surface area contributed by atoms with Gasteiger partial charge in [0.25, 0.3) is 0 Å². The first-order valence-corrected chi connectivity index (χ1v) is 8.14. The molecule has 126 valence electrons. The standard InChI is InChI=1S/C19H18N4O2/c1-2-25-13-7-5-6-12(10-13)23-11-16(24)17(18(23)20)19-21-14-8-3-4-9-15(14)22-19/h3-10,20,24H,2,11H2,1H3,(H,21,22). The van der Waals surface area contributed by atoms with E-state index in [1.165, 1.54) is 0 Å². The molecule has 0 radical (unpaired) electrons. The molecule has 1 aliphatic heterocycles. The number of aliphatic hydroxyl groups is 1. The number of hydrogen-bond donors (Lipinski definition) is 3. The number of imidazole rings is 1. The van der Waals surface area contributed by atoms with Gasteiger partial charge in [-0.1, -0.05) is 18.2 Å². The second kappa shape index (κ2) is 5.98. The van der Waals surface area contributed by atoms with Crippen molar-refractivity contribution in [2.45, 2.75) is 6.92 Å². The van der Waals surface area contributed by atoms with E-state index in [4.69, 9.17) is 10.1 Å². The Morgan fingerprint density at radius 1 is 1.24 bits per heavy atom. The molecular weight excluding hydrogens is 316 g/mol. The van der Waals surface area contributed by atoms with Gasteiger partial charge in [-0.25, -0.2) is 4.98 Å². The number of hydrogen-bond acceptors (Lipinski definition) is 4. The second-order valence-electron chi connectivity index (χ2n) is 5.79. The molecule has 0 unspecified atom stereocenters. The van der Waals surface area contributed by atoms with Crippen molar-refractivity contribution < 1.29 is 9.84 Å². The van der Waals surface area contributed by atoms with Crippen molar-refractivity contribution in [3.05, 3.63) is 60.1 Å². The molecule has 2 heterocycles. The number of amidine groups is 1. The Kier molecular flexibility index (Phi) is 3.65. The number of anilines is 1. The fraction of sp³-hybridized carbons (Fsp3) is 0.158. The maximum atomic E-state index is 10.4. The predicted octanol–water partition coefficient (Wildman–Crippen LogP) is 3.73. The number of aliphatic hydroxyl groups excluding tert-OH is 1. The number of ether oxygens (including phenoxy) is 1. The van der Waals surface area contributed by atoms with E-state index >= 15 is 0 Å². The Morgan fingerprint density at radius 2 is 2.08 bits per heavy atom. The monoisotopic (exact) mass is 334 g/mol. The number of benzene rings is 2. The maximum absolute atomic E-state index is 10.4. The van der Waals surface area contributed by atoms with Crippen LogP contribution in [0.2, 0.25) is 0 Å². The predicted molar refractivity (Wildman–Crippen MR) is 98.3 cm³/mol. The third-order valence-electron chi connectivity index (χ3n) is 4.17. The molecule has 0 spiro atoms. The van der Waals surface area contributed by atoms with Gasteiger partial charge >= 0.3 is 0 Å². The molecule has 3 N–H and O–H groups in total. The fourth-order valence-electron chi connectivity index (χ4n) is 3.03. The van der Waals surface area contributed by atoms with Crippen molar-refractivity contribution in [1.29, 1.82) is 5.41 Å². The Bertz CT molecular complexity index is 957. The van der Waals surface area contributed by atoms with Crippen LogP contribution in [0.5, 0.6) is 5.75 Å². The van der Waals surface area contributed by atoms with Gasteiger partial charge in [-0.05, 0) is 31.2 Å². The summed E-state index contributed by atoms with van der Waals surface area (Å²) < 4.78 is 5.53. The number of aromatic amines is 1. The van der Waals surface area contributed by atoms with E-state index in [0.29, 0.717) is 18.0 Å². The van der Waals surface area contributed by atoms with Crippen LogP contribution in [-0.2, 0) is 0 Å². The summed E-state index contributed by atoms with van der Waals surface area (Å²) in [6, 6.07) is 15.2. The van der Waals surface area contributed by atoms with Gasteiger partial charge in [0, 0.05) is 11.8 Å². The fourth-order valence-corrected chi connectivity index (χ4v) is 3.03. The first-order chi connectivity index (χ1) is 12.2. The van der Waals surface area contributed by atoms with E-state index in [2.05, 4.69) is 9.97 Å². The van der Waals surface area contributed by atoms with Crippen LogP contribution in [0.3, 0.4) is 0 Å². The molecule has 0 fully saturated rings. The third kappa shape index (κ3) is 2.61. The van der Waals surface area contributed by atoms with E-state index in [-0.39, 0.29) is 18.1 Å². The molecular formula is C19H18N4O2. The van der Waals surface area contributed by atoms with Crippen LogP contribution in [0, 0.1) is 5.41 Å². The van der Waals surface area contributed by atoms with Crippen molar-refractivity contribution in [2.75, 3.05) is 18.1 Å². The summed E-state index contributed by atoms with van der Waals surface area (Å²) in [5, 5.41) is 19.0. The van der Waals surface area contributed by atoms with Gasteiger partial charge in [0.15, 0.2) is 0 Å². The average molecular weight is 334 g/mol. The van der Waals surface area contributed by atoms with Gasteiger partial charge in [-0.2, -0.15) is 0 Å². The lowest BCUT2D eigenvalue weighted by Crippen LogP contribution is -2.26. The zero-order chi connectivity index (χ0) is 17.4. The first kappa shape index (κ1) is 15.3. The highest BCUT2D eigenvalue weighted by Crippen LogP contribution is 2.32. The van der Waals surface area contributed by atoms with E-state index in [1.807, 2.05) is 55.5 Å². The van der Waals surface area contributed by atoms with Crippen LogP contribution in [0.15, 0.2) is 54.3 Å². The first-order valence-electron chi connectivity index (χ1n) is 8.14. The molecule has 0 saturated carbocycles. The Labute approximate surface area is 144 Å². The summed E-state index contributed by atoms with van der Waals surface area (Å²) in [7, 11) is 0. The molecule has 6 heteroatoms. The van der Waals surface area contributed by atoms with Gasteiger partial charge in [0.2, 0.25) is 0 Å². The maximum Gasteiger partial charge on any atom is 0.145 e. The minimum Gasteiger partial charge on any atom is -0.509 e. The molecule has 4 rings (SSSR count). The molecule has 1 aromatic heterocycles. The second-order valence-corrected chi connectivity index (χ2v) is 5.79. The molecule has 0 aliphatic carbocycles. The Hall–Kier alpha value is -3.28. The summed E-state index contributed by atoms with van der Waals surface area (Å²) in [5.74, 6) is 1.59. The van der Waals surface area contributed by atoms with Crippen LogP contribution in [0.4, 0.5) is 5.69 Å². The molecule has 1 aliphatic rings. The van der Waals surface area contributed by atoms with Gasteiger partial charge in [-0.3, -0.25) is 5.41 Å². The molecule has 25 heavy (non-hydrogen) atoms. The highest BCUT2D eigenvalue weighted by atomic mass is 16.5. The number of rotatable bonds is 4. The quantitative estimate of drug-likeness (QED) is 0.679. The smallest absolute Gasteiger partial charge is 0.145 e. The SMILES string of the molecule is CCOc1cccc(N2CC(O)=C(c3nc4ccccc4[nH]3)C2=N)c1. The molecule has 0 atom stereocenters. The van der Waals surface area contributed by atoms with Gasteiger partial charge in [-0.15, -0.1) is 0 Å². The number of fused-ring (bicyclic) bond motifs is 1. The number of nitrogens with zero attached hydrogens (tertiary/aromatic N) is 2. The van der Waals surface area contributed by atoms with Gasteiger partial charge in [0.05, 0.1) is 29.8 Å². The van der Waals surface area contributed by atoms with Crippen LogP contribution in [-0.4, -0.2) is 34.1 Å². The largest absolute Gasteiger partial charge is 0.509 e. The van der Waals surface area contributed by atoms with Crippen LogP contribution >= 0.6 is 0 Å². The number of H-pyrrole nitrogens is 1.